The molecule has 2 heterocycles. The number of thiophene rings is 1. The van der Waals surface area contributed by atoms with Crippen LogP contribution in [0.25, 0.3) is 6.08 Å². The summed E-state index contributed by atoms with van der Waals surface area (Å²) >= 11 is 1.34. The highest BCUT2D eigenvalue weighted by Crippen LogP contribution is 2.18. The molecule has 0 bridgehead atoms. The Bertz CT molecular complexity index is 508. The van der Waals surface area contributed by atoms with Crippen LogP contribution in [0, 0.1) is 0 Å². The van der Waals surface area contributed by atoms with Crippen molar-refractivity contribution in [2.24, 2.45) is 0 Å². The number of amides is 1. The zero-order valence-corrected chi connectivity index (χ0v) is 11.3. The van der Waals surface area contributed by atoms with Crippen molar-refractivity contribution < 1.29 is 19.4 Å². The fourth-order valence-corrected chi connectivity index (χ4v) is 2.67. The summed E-state index contributed by atoms with van der Waals surface area (Å²) in [6.45, 7) is 2.61. The number of rotatable bonds is 4. The van der Waals surface area contributed by atoms with Crippen molar-refractivity contribution in [1.82, 2.24) is 5.32 Å². The van der Waals surface area contributed by atoms with Crippen LogP contribution in [-0.2, 0) is 9.53 Å². The van der Waals surface area contributed by atoms with E-state index in [4.69, 9.17) is 9.84 Å². The molecule has 0 aliphatic carbocycles. The molecule has 0 saturated carbocycles. The Balaban J connectivity index is 1.98. The molecule has 1 amide bonds. The number of carbonyl (C=O) groups is 2. The summed E-state index contributed by atoms with van der Waals surface area (Å²) in [6.07, 6.45) is 3.39. The van der Waals surface area contributed by atoms with Crippen LogP contribution >= 0.6 is 11.3 Å². The summed E-state index contributed by atoms with van der Waals surface area (Å²) in [7, 11) is 0. The molecule has 6 heteroatoms. The minimum absolute atomic E-state index is 0.0361. The van der Waals surface area contributed by atoms with Crippen molar-refractivity contribution >= 4 is 29.3 Å². The van der Waals surface area contributed by atoms with E-state index in [2.05, 4.69) is 5.32 Å². The first-order valence-electron chi connectivity index (χ1n) is 5.98. The molecule has 2 atom stereocenters. The lowest BCUT2D eigenvalue weighted by molar-refractivity contribution is -0.131. The lowest BCUT2D eigenvalue weighted by Crippen LogP contribution is -2.38. The van der Waals surface area contributed by atoms with Gasteiger partial charge in [0.2, 0.25) is 0 Å². The smallest absolute Gasteiger partial charge is 0.328 e. The fourth-order valence-electron chi connectivity index (χ4n) is 1.89. The maximum atomic E-state index is 12.0. The number of carboxylic acids is 1. The standard InChI is InChI=1S/C13H15NO4S/c1-8-11(4-5-18-8)14-13(17)9-6-10(19-7-9)2-3-12(15)16/h2-3,6-8,11H,4-5H2,1H3,(H,14,17)(H,15,16)/b3-2+. The van der Waals surface area contributed by atoms with Gasteiger partial charge >= 0.3 is 5.97 Å². The Kier molecular flexibility index (Phi) is 4.34. The molecule has 0 radical (unpaired) electrons. The highest BCUT2D eigenvalue weighted by molar-refractivity contribution is 7.11. The Hall–Kier alpha value is -1.66. The molecule has 0 aromatic carbocycles. The predicted molar refractivity (Wildman–Crippen MR) is 72.3 cm³/mol. The minimum atomic E-state index is -1.00. The SMILES string of the molecule is CC1OCCC1NC(=O)c1csc(/C=C/C(=O)O)c1. The van der Waals surface area contributed by atoms with Crippen LogP contribution in [0.2, 0.25) is 0 Å². The third kappa shape index (κ3) is 3.65. The molecular formula is C13H15NO4S. The van der Waals surface area contributed by atoms with Gasteiger partial charge in [-0.05, 0) is 25.5 Å². The van der Waals surface area contributed by atoms with E-state index in [0.717, 1.165) is 17.4 Å². The number of carbonyl (C=O) groups excluding carboxylic acids is 1. The molecule has 1 aromatic rings. The van der Waals surface area contributed by atoms with Crippen LogP contribution in [0.5, 0.6) is 0 Å². The highest BCUT2D eigenvalue weighted by Gasteiger charge is 2.26. The number of carboxylic acid groups (broad SMARTS) is 1. The monoisotopic (exact) mass is 281 g/mol. The van der Waals surface area contributed by atoms with Crippen molar-refractivity contribution in [2.45, 2.75) is 25.5 Å². The van der Waals surface area contributed by atoms with Crippen molar-refractivity contribution in [3.8, 4) is 0 Å². The maximum Gasteiger partial charge on any atom is 0.328 e. The number of nitrogens with one attached hydrogen (secondary N) is 1. The average Bonchev–Trinajstić information content (AvgIpc) is 2.97. The van der Waals surface area contributed by atoms with Gasteiger partial charge in [-0.2, -0.15) is 0 Å². The second kappa shape index (κ2) is 5.99. The number of hydrogen-bond acceptors (Lipinski definition) is 4. The van der Waals surface area contributed by atoms with Crippen LogP contribution in [-0.4, -0.2) is 35.7 Å². The third-order valence-corrected chi connectivity index (χ3v) is 3.86. The second-order valence-corrected chi connectivity index (χ2v) is 5.30. The van der Waals surface area contributed by atoms with Gasteiger partial charge < -0.3 is 15.2 Å². The van der Waals surface area contributed by atoms with Crippen LogP contribution < -0.4 is 5.32 Å². The zero-order valence-electron chi connectivity index (χ0n) is 10.5. The van der Waals surface area contributed by atoms with E-state index >= 15 is 0 Å². The topological polar surface area (TPSA) is 75.6 Å². The van der Waals surface area contributed by atoms with Gasteiger partial charge in [0.25, 0.3) is 5.91 Å². The second-order valence-electron chi connectivity index (χ2n) is 4.35. The van der Waals surface area contributed by atoms with Crippen LogP contribution in [0.4, 0.5) is 0 Å². The molecule has 19 heavy (non-hydrogen) atoms. The molecule has 2 rings (SSSR count). The van der Waals surface area contributed by atoms with Gasteiger partial charge in [0.05, 0.1) is 17.7 Å². The molecule has 2 unspecified atom stereocenters. The Morgan fingerprint density at radius 1 is 1.58 bits per heavy atom. The van der Waals surface area contributed by atoms with Gasteiger partial charge in [-0.3, -0.25) is 4.79 Å². The van der Waals surface area contributed by atoms with Gasteiger partial charge in [-0.15, -0.1) is 11.3 Å². The van der Waals surface area contributed by atoms with Crippen molar-refractivity contribution in [1.29, 1.82) is 0 Å². The molecule has 2 N–H and O–H groups in total. The van der Waals surface area contributed by atoms with Crippen LogP contribution in [0.3, 0.4) is 0 Å². The number of hydrogen-bond donors (Lipinski definition) is 2. The molecule has 1 aromatic heterocycles. The summed E-state index contributed by atoms with van der Waals surface area (Å²) < 4.78 is 5.38. The van der Waals surface area contributed by atoms with Gasteiger partial charge in [0.1, 0.15) is 0 Å². The maximum absolute atomic E-state index is 12.0. The molecule has 1 saturated heterocycles. The van der Waals surface area contributed by atoms with E-state index in [0.29, 0.717) is 12.2 Å². The van der Waals surface area contributed by atoms with Crippen molar-refractivity contribution in [3.05, 3.63) is 28.0 Å². The van der Waals surface area contributed by atoms with Crippen molar-refractivity contribution in [3.63, 3.8) is 0 Å². The average molecular weight is 281 g/mol. The lowest BCUT2D eigenvalue weighted by Gasteiger charge is -2.15. The summed E-state index contributed by atoms with van der Waals surface area (Å²) in [5.41, 5.74) is 0.550. The number of aliphatic carboxylic acids is 1. The molecule has 1 aliphatic rings. The minimum Gasteiger partial charge on any atom is -0.478 e. The van der Waals surface area contributed by atoms with E-state index < -0.39 is 5.97 Å². The van der Waals surface area contributed by atoms with Gasteiger partial charge in [-0.1, -0.05) is 0 Å². The third-order valence-electron chi connectivity index (χ3n) is 2.96. The predicted octanol–water partition coefficient (Wildman–Crippen LogP) is 1.75. The fraction of sp³-hybridized carbons (Fsp3) is 0.385. The van der Waals surface area contributed by atoms with Gasteiger partial charge in [-0.25, -0.2) is 4.79 Å². The molecule has 1 aliphatic heterocycles. The Labute approximate surface area is 114 Å². The largest absolute Gasteiger partial charge is 0.478 e. The Morgan fingerprint density at radius 3 is 3.00 bits per heavy atom. The summed E-state index contributed by atoms with van der Waals surface area (Å²) in [5.74, 6) is -1.15. The van der Waals surface area contributed by atoms with Crippen molar-refractivity contribution in [2.75, 3.05) is 6.61 Å². The van der Waals surface area contributed by atoms with E-state index in [1.54, 1.807) is 11.4 Å². The van der Waals surface area contributed by atoms with Gasteiger partial charge in [0.15, 0.2) is 0 Å². The molecule has 0 spiro atoms. The first-order chi connectivity index (χ1) is 9.06. The molecule has 5 nitrogen and oxygen atoms in total. The molecular weight excluding hydrogens is 266 g/mol. The first-order valence-corrected chi connectivity index (χ1v) is 6.86. The van der Waals surface area contributed by atoms with E-state index in [9.17, 15) is 9.59 Å². The summed E-state index contributed by atoms with van der Waals surface area (Å²) in [5, 5.41) is 13.2. The lowest BCUT2D eigenvalue weighted by atomic mass is 10.1. The summed E-state index contributed by atoms with van der Waals surface area (Å²) in [4.78, 5) is 23.1. The van der Waals surface area contributed by atoms with Crippen LogP contribution in [0.15, 0.2) is 17.5 Å². The first kappa shape index (κ1) is 13.8. The van der Waals surface area contributed by atoms with Gasteiger partial charge in [0, 0.05) is 22.9 Å². The normalized spacial score (nSPS) is 22.8. The highest BCUT2D eigenvalue weighted by atomic mass is 32.1. The zero-order chi connectivity index (χ0) is 13.8. The number of ether oxygens (including phenoxy) is 1. The molecule has 1 fully saturated rings. The van der Waals surface area contributed by atoms with Crippen LogP contribution in [0.1, 0.15) is 28.6 Å². The Morgan fingerprint density at radius 2 is 2.37 bits per heavy atom. The summed E-state index contributed by atoms with van der Waals surface area (Å²) in [6, 6.07) is 1.73. The van der Waals surface area contributed by atoms with E-state index in [1.807, 2.05) is 6.92 Å². The quantitative estimate of drug-likeness (QED) is 0.824. The van der Waals surface area contributed by atoms with E-state index in [1.165, 1.54) is 17.4 Å². The molecule has 102 valence electrons. The van der Waals surface area contributed by atoms with E-state index in [-0.39, 0.29) is 18.1 Å².